The molecule has 1 aromatic carbocycles. The number of nitrogens with one attached hydrogen (secondary N) is 1. The van der Waals surface area contributed by atoms with E-state index >= 15 is 0 Å². The van der Waals surface area contributed by atoms with Crippen LogP contribution in [0.15, 0.2) is 43.0 Å². The molecule has 2 heterocycles. The summed E-state index contributed by atoms with van der Waals surface area (Å²) in [6.45, 7) is 0. The molecular weight excluding hydrogens is 291 g/mol. The molecule has 110 valence electrons. The summed E-state index contributed by atoms with van der Waals surface area (Å²) in [6.07, 6.45) is 5.83. The fourth-order valence-corrected chi connectivity index (χ4v) is 1.95. The van der Waals surface area contributed by atoms with Crippen LogP contribution in [0, 0.1) is 5.82 Å². The summed E-state index contributed by atoms with van der Waals surface area (Å²) >= 11 is 0. The molecule has 3 rings (SSSR count). The highest BCUT2D eigenvalue weighted by atomic mass is 19.1. The Bertz CT molecular complexity index is 891. The van der Waals surface area contributed by atoms with Gasteiger partial charge in [-0.2, -0.15) is 0 Å². The third-order valence-electron chi connectivity index (χ3n) is 3.01. The molecule has 0 atom stereocenters. The van der Waals surface area contributed by atoms with E-state index in [1.165, 1.54) is 23.0 Å². The number of rotatable bonds is 3. The number of carboxylic acid groups (broad SMARTS) is 1. The predicted molar refractivity (Wildman–Crippen MR) is 74.3 cm³/mol. The summed E-state index contributed by atoms with van der Waals surface area (Å²) in [6, 6.07) is 3.16. The van der Waals surface area contributed by atoms with E-state index in [2.05, 4.69) is 15.3 Å². The maximum Gasteiger partial charge on any atom is 0.335 e. The number of nitrogens with zero attached hydrogens (tertiary/aromatic N) is 3. The van der Waals surface area contributed by atoms with Gasteiger partial charge in [0, 0.05) is 12.4 Å². The maximum atomic E-state index is 13.7. The summed E-state index contributed by atoms with van der Waals surface area (Å²) in [5.41, 5.74) is 0.304. The Kier molecular flexibility index (Phi) is 3.26. The number of anilines is 1. The lowest BCUT2D eigenvalue weighted by atomic mass is 10.2. The van der Waals surface area contributed by atoms with Gasteiger partial charge in [0.2, 0.25) is 0 Å². The summed E-state index contributed by atoms with van der Waals surface area (Å²) in [4.78, 5) is 31.0. The zero-order valence-corrected chi connectivity index (χ0v) is 11.0. The number of amides is 1. The van der Waals surface area contributed by atoms with Crippen molar-refractivity contribution in [2.24, 2.45) is 0 Å². The van der Waals surface area contributed by atoms with E-state index in [-0.39, 0.29) is 16.9 Å². The standard InChI is InChI=1S/C14H9FN4O3/c15-9-2-1-8(14(21)22)5-10(9)18-13(20)11-6-17-12-7-16-3-4-19(11)12/h1-7H,(H,18,20)(H,21,22). The quantitative estimate of drug-likeness (QED) is 0.769. The van der Waals surface area contributed by atoms with E-state index in [9.17, 15) is 14.0 Å². The van der Waals surface area contributed by atoms with Crippen molar-refractivity contribution in [3.05, 3.63) is 60.1 Å². The highest BCUT2D eigenvalue weighted by Crippen LogP contribution is 2.17. The van der Waals surface area contributed by atoms with E-state index in [4.69, 9.17) is 5.11 Å². The Balaban J connectivity index is 1.94. The number of hydrogen-bond donors (Lipinski definition) is 2. The molecule has 0 saturated heterocycles. The lowest BCUT2D eigenvalue weighted by molar-refractivity contribution is 0.0696. The predicted octanol–water partition coefficient (Wildman–Crippen LogP) is 1.82. The number of carboxylic acids is 1. The largest absolute Gasteiger partial charge is 0.478 e. The summed E-state index contributed by atoms with van der Waals surface area (Å²) in [5, 5.41) is 11.2. The zero-order valence-electron chi connectivity index (χ0n) is 11.0. The van der Waals surface area contributed by atoms with Crippen LogP contribution in [0.3, 0.4) is 0 Å². The van der Waals surface area contributed by atoms with Crippen molar-refractivity contribution in [3.63, 3.8) is 0 Å². The first-order chi connectivity index (χ1) is 10.6. The number of carbonyl (C=O) groups excluding carboxylic acids is 1. The Morgan fingerprint density at radius 1 is 1.27 bits per heavy atom. The van der Waals surface area contributed by atoms with Gasteiger partial charge in [-0.1, -0.05) is 0 Å². The van der Waals surface area contributed by atoms with E-state index in [0.29, 0.717) is 5.65 Å². The summed E-state index contributed by atoms with van der Waals surface area (Å²) < 4.78 is 15.2. The number of aromatic nitrogens is 3. The second-order valence-corrected chi connectivity index (χ2v) is 4.40. The Morgan fingerprint density at radius 3 is 2.86 bits per heavy atom. The molecule has 2 aromatic heterocycles. The van der Waals surface area contributed by atoms with Crippen molar-refractivity contribution < 1.29 is 19.1 Å². The van der Waals surface area contributed by atoms with Crippen LogP contribution in [-0.2, 0) is 0 Å². The van der Waals surface area contributed by atoms with Crippen LogP contribution in [0.4, 0.5) is 10.1 Å². The number of aromatic carboxylic acids is 1. The fourth-order valence-electron chi connectivity index (χ4n) is 1.95. The third-order valence-corrected chi connectivity index (χ3v) is 3.01. The molecule has 22 heavy (non-hydrogen) atoms. The lowest BCUT2D eigenvalue weighted by Crippen LogP contribution is -2.15. The molecule has 7 nitrogen and oxygen atoms in total. The van der Waals surface area contributed by atoms with Crippen LogP contribution in [0.1, 0.15) is 20.8 Å². The molecule has 3 aromatic rings. The van der Waals surface area contributed by atoms with Crippen LogP contribution >= 0.6 is 0 Å². The molecule has 0 radical (unpaired) electrons. The Morgan fingerprint density at radius 2 is 2.09 bits per heavy atom. The minimum atomic E-state index is -1.21. The molecule has 0 saturated carbocycles. The van der Waals surface area contributed by atoms with Gasteiger partial charge in [-0.3, -0.25) is 14.2 Å². The smallest absolute Gasteiger partial charge is 0.335 e. The van der Waals surface area contributed by atoms with Crippen LogP contribution < -0.4 is 5.32 Å². The van der Waals surface area contributed by atoms with E-state index in [1.807, 2.05) is 0 Å². The Labute approximate surface area is 123 Å². The molecule has 0 unspecified atom stereocenters. The van der Waals surface area contributed by atoms with Crippen LogP contribution in [0.5, 0.6) is 0 Å². The minimum absolute atomic E-state index is 0.126. The monoisotopic (exact) mass is 300 g/mol. The topological polar surface area (TPSA) is 96.6 Å². The molecule has 0 bridgehead atoms. The normalized spacial score (nSPS) is 10.6. The molecule has 8 heteroatoms. The second kappa shape index (κ2) is 5.24. The first-order valence-electron chi connectivity index (χ1n) is 6.17. The zero-order chi connectivity index (χ0) is 15.7. The van der Waals surface area contributed by atoms with Crippen LogP contribution in [0.2, 0.25) is 0 Å². The van der Waals surface area contributed by atoms with Crippen molar-refractivity contribution >= 4 is 23.2 Å². The molecule has 1 amide bonds. The number of hydrogen-bond acceptors (Lipinski definition) is 4. The lowest BCUT2D eigenvalue weighted by Gasteiger charge is -2.07. The van der Waals surface area contributed by atoms with Crippen molar-refractivity contribution in [2.45, 2.75) is 0 Å². The molecule has 0 aliphatic carbocycles. The van der Waals surface area contributed by atoms with Gasteiger partial charge < -0.3 is 10.4 Å². The van der Waals surface area contributed by atoms with Crippen LogP contribution in [0.25, 0.3) is 5.65 Å². The van der Waals surface area contributed by atoms with Gasteiger partial charge in [0.25, 0.3) is 5.91 Å². The second-order valence-electron chi connectivity index (χ2n) is 4.40. The summed E-state index contributed by atoms with van der Waals surface area (Å²) in [5.74, 6) is -2.55. The van der Waals surface area contributed by atoms with Crippen molar-refractivity contribution in [1.29, 1.82) is 0 Å². The van der Waals surface area contributed by atoms with E-state index in [0.717, 1.165) is 18.2 Å². The Hall–Kier alpha value is -3.29. The first-order valence-corrected chi connectivity index (χ1v) is 6.17. The number of carbonyl (C=O) groups is 2. The number of imidazole rings is 1. The minimum Gasteiger partial charge on any atom is -0.478 e. The molecule has 0 aliphatic heterocycles. The van der Waals surface area contributed by atoms with Crippen LogP contribution in [-0.4, -0.2) is 31.4 Å². The van der Waals surface area contributed by atoms with Gasteiger partial charge in [-0.05, 0) is 18.2 Å². The van der Waals surface area contributed by atoms with E-state index < -0.39 is 17.7 Å². The van der Waals surface area contributed by atoms with Gasteiger partial charge in [-0.15, -0.1) is 0 Å². The van der Waals surface area contributed by atoms with Crippen molar-refractivity contribution in [3.8, 4) is 0 Å². The average molecular weight is 300 g/mol. The van der Waals surface area contributed by atoms with Gasteiger partial charge in [0.15, 0.2) is 5.65 Å². The number of fused-ring (bicyclic) bond motifs is 1. The van der Waals surface area contributed by atoms with E-state index in [1.54, 1.807) is 6.20 Å². The fraction of sp³-hybridized carbons (Fsp3) is 0. The number of halogens is 1. The van der Waals surface area contributed by atoms with Crippen molar-refractivity contribution in [2.75, 3.05) is 5.32 Å². The highest BCUT2D eigenvalue weighted by Gasteiger charge is 2.15. The van der Waals surface area contributed by atoms with Gasteiger partial charge in [0.05, 0.1) is 23.6 Å². The molecule has 0 fully saturated rings. The van der Waals surface area contributed by atoms with Gasteiger partial charge >= 0.3 is 5.97 Å². The van der Waals surface area contributed by atoms with Crippen molar-refractivity contribution in [1.82, 2.24) is 14.4 Å². The molecular formula is C14H9FN4O3. The number of benzene rings is 1. The average Bonchev–Trinajstić information content (AvgIpc) is 2.93. The third kappa shape index (κ3) is 2.37. The van der Waals surface area contributed by atoms with Gasteiger partial charge in [-0.25, -0.2) is 14.2 Å². The molecule has 2 N–H and O–H groups in total. The maximum absolute atomic E-state index is 13.7. The molecule has 0 spiro atoms. The van der Waals surface area contributed by atoms with Gasteiger partial charge in [0.1, 0.15) is 11.5 Å². The first kappa shape index (κ1) is 13.7. The highest BCUT2D eigenvalue weighted by molar-refractivity contribution is 6.04. The molecule has 0 aliphatic rings. The summed E-state index contributed by atoms with van der Waals surface area (Å²) in [7, 11) is 0. The SMILES string of the molecule is O=C(O)c1ccc(F)c(NC(=O)c2cnc3cnccn23)c1.